The average molecular weight is 491 g/mol. The quantitative estimate of drug-likeness (QED) is 0.622. The molecule has 0 atom stereocenters. The molecule has 0 bridgehead atoms. The van der Waals surface area contributed by atoms with Crippen LogP contribution in [-0.2, 0) is 11.0 Å². The van der Waals surface area contributed by atoms with Crippen molar-refractivity contribution in [2.75, 3.05) is 26.7 Å². The monoisotopic (exact) mass is 490 g/mol. The van der Waals surface area contributed by atoms with Crippen molar-refractivity contribution in [3.63, 3.8) is 0 Å². The molecular formula is C25H29F3N4O3. The predicted molar refractivity (Wildman–Crippen MR) is 123 cm³/mol. The summed E-state index contributed by atoms with van der Waals surface area (Å²) in [6.07, 6.45) is 0.546. The minimum atomic E-state index is -4.54. The number of hydrogen-bond acceptors (Lipinski definition) is 5. The highest BCUT2D eigenvalue weighted by Crippen LogP contribution is 2.38. The van der Waals surface area contributed by atoms with Gasteiger partial charge >= 0.3 is 6.18 Å². The lowest BCUT2D eigenvalue weighted by Gasteiger charge is -2.45. The Kier molecular flexibility index (Phi) is 7.59. The molecule has 10 heteroatoms. The van der Waals surface area contributed by atoms with Crippen molar-refractivity contribution in [3.05, 3.63) is 59.3 Å². The molecule has 188 valence electrons. The number of aromatic nitrogens is 1. The summed E-state index contributed by atoms with van der Waals surface area (Å²) in [6, 6.07) is 8.19. The molecule has 1 saturated heterocycles. The highest BCUT2D eigenvalue weighted by molar-refractivity contribution is 5.96. The predicted octanol–water partition coefficient (Wildman–Crippen LogP) is 3.37. The summed E-state index contributed by atoms with van der Waals surface area (Å²) < 4.78 is 44.3. The highest BCUT2D eigenvalue weighted by Gasteiger charge is 2.37. The lowest BCUT2D eigenvalue weighted by molar-refractivity contribution is -0.138. The minimum absolute atomic E-state index is 0.0407. The van der Waals surface area contributed by atoms with Crippen LogP contribution in [0.15, 0.2) is 42.6 Å². The molecule has 1 aromatic carbocycles. The maximum atomic E-state index is 13.2. The fourth-order valence-corrected chi connectivity index (χ4v) is 4.91. The van der Waals surface area contributed by atoms with Gasteiger partial charge in [0.2, 0.25) is 11.8 Å². The Morgan fingerprint density at radius 3 is 2.49 bits per heavy atom. The zero-order chi connectivity index (χ0) is 25.0. The molecule has 2 fully saturated rings. The fourth-order valence-electron chi connectivity index (χ4n) is 4.91. The molecule has 0 radical (unpaired) electrons. The minimum Gasteiger partial charge on any atom is -0.481 e. The van der Waals surface area contributed by atoms with Gasteiger partial charge in [-0.05, 0) is 55.9 Å². The number of ether oxygens (including phenoxy) is 1. The molecule has 1 saturated carbocycles. The summed E-state index contributed by atoms with van der Waals surface area (Å²) in [5, 5.41) is 5.69. The Labute approximate surface area is 202 Å². The molecule has 1 aliphatic carbocycles. The van der Waals surface area contributed by atoms with E-state index in [9.17, 15) is 22.8 Å². The lowest BCUT2D eigenvalue weighted by Crippen LogP contribution is -2.63. The second-order valence-electron chi connectivity index (χ2n) is 8.98. The molecule has 35 heavy (non-hydrogen) atoms. The van der Waals surface area contributed by atoms with Gasteiger partial charge in [-0.3, -0.25) is 9.59 Å². The first-order chi connectivity index (χ1) is 16.8. The molecule has 1 aromatic heterocycles. The third kappa shape index (κ3) is 5.75. The van der Waals surface area contributed by atoms with Gasteiger partial charge in [-0.1, -0.05) is 12.1 Å². The smallest absolute Gasteiger partial charge is 0.416 e. The number of hydrogen-bond donors (Lipinski definition) is 2. The summed E-state index contributed by atoms with van der Waals surface area (Å²) >= 11 is 0. The van der Waals surface area contributed by atoms with Crippen LogP contribution in [0.1, 0.15) is 53.1 Å². The number of rotatable bonds is 7. The fraction of sp³-hybridized carbons (Fsp3) is 0.480. The van der Waals surface area contributed by atoms with Crippen LogP contribution in [0, 0.1) is 0 Å². The Hall–Kier alpha value is -3.14. The van der Waals surface area contributed by atoms with Crippen LogP contribution in [0.4, 0.5) is 13.2 Å². The van der Waals surface area contributed by atoms with E-state index in [1.165, 1.54) is 12.1 Å². The van der Waals surface area contributed by atoms with Crippen molar-refractivity contribution < 1.29 is 27.5 Å². The third-order valence-corrected chi connectivity index (χ3v) is 6.82. The number of nitrogens with zero attached hydrogens (tertiary/aromatic N) is 2. The van der Waals surface area contributed by atoms with Gasteiger partial charge in [0.1, 0.15) is 0 Å². The van der Waals surface area contributed by atoms with E-state index in [-0.39, 0.29) is 30.1 Å². The number of carbonyl (C=O) groups is 2. The SMILES string of the molecule is COc1ncccc1C1CCC(N(C(=O)CNC(=O)c2cccc(C(F)(F)F)c2)C2CNC2)CC1. The molecule has 0 unspecified atom stereocenters. The number of alkyl halides is 3. The lowest BCUT2D eigenvalue weighted by atomic mass is 9.81. The van der Waals surface area contributed by atoms with E-state index >= 15 is 0 Å². The molecule has 4 rings (SSSR count). The molecular weight excluding hydrogens is 461 g/mol. The van der Waals surface area contributed by atoms with Crippen LogP contribution < -0.4 is 15.4 Å². The van der Waals surface area contributed by atoms with Crippen molar-refractivity contribution in [1.82, 2.24) is 20.5 Å². The van der Waals surface area contributed by atoms with E-state index in [1.54, 1.807) is 13.3 Å². The zero-order valence-electron chi connectivity index (χ0n) is 19.5. The second-order valence-corrected chi connectivity index (χ2v) is 8.98. The summed E-state index contributed by atoms with van der Waals surface area (Å²) in [5.74, 6) is -0.000825. The molecule has 1 aliphatic heterocycles. The number of carbonyl (C=O) groups excluding carboxylic acids is 2. The van der Waals surface area contributed by atoms with Crippen molar-refractivity contribution in [2.24, 2.45) is 0 Å². The van der Waals surface area contributed by atoms with E-state index in [1.807, 2.05) is 17.0 Å². The van der Waals surface area contributed by atoms with Gasteiger partial charge in [-0.2, -0.15) is 13.2 Å². The van der Waals surface area contributed by atoms with Crippen LogP contribution in [0.2, 0.25) is 0 Å². The molecule has 2 N–H and O–H groups in total. The first-order valence-corrected chi connectivity index (χ1v) is 11.7. The van der Waals surface area contributed by atoms with Gasteiger partial charge in [0, 0.05) is 36.5 Å². The van der Waals surface area contributed by atoms with Crippen molar-refractivity contribution in [1.29, 1.82) is 0 Å². The van der Waals surface area contributed by atoms with Crippen LogP contribution >= 0.6 is 0 Å². The number of pyridine rings is 1. The zero-order valence-corrected chi connectivity index (χ0v) is 19.5. The van der Waals surface area contributed by atoms with Crippen LogP contribution in [0.3, 0.4) is 0 Å². The Morgan fingerprint density at radius 1 is 1.11 bits per heavy atom. The topological polar surface area (TPSA) is 83.6 Å². The summed E-state index contributed by atoms with van der Waals surface area (Å²) in [6.45, 7) is 1.11. The molecule has 7 nitrogen and oxygen atoms in total. The van der Waals surface area contributed by atoms with Gasteiger partial charge in [0.05, 0.1) is 25.3 Å². The Bertz CT molecular complexity index is 1050. The van der Waals surface area contributed by atoms with Crippen molar-refractivity contribution >= 4 is 11.8 Å². The van der Waals surface area contributed by atoms with Crippen LogP contribution in [0.25, 0.3) is 0 Å². The summed E-state index contributed by atoms with van der Waals surface area (Å²) in [4.78, 5) is 31.8. The highest BCUT2D eigenvalue weighted by atomic mass is 19.4. The van der Waals surface area contributed by atoms with Gasteiger partial charge in [0.25, 0.3) is 5.91 Å². The average Bonchev–Trinajstić information content (AvgIpc) is 2.84. The molecule has 0 spiro atoms. The van der Waals surface area contributed by atoms with Crippen molar-refractivity contribution in [2.45, 2.75) is 49.9 Å². The number of halogens is 3. The standard InChI is InChI=1S/C25H29F3N4O3/c1-35-24-21(6-3-11-30-24)16-7-9-19(10-8-16)32(20-13-29-14-20)22(33)15-31-23(34)17-4-2-5-18(12-17)25(26,27)28/h2-6,11-12,16,19-20,29H,7-10,13-15H2,1H3,(H,31,34). The first-order valence-electron chi connectivity index (χ1n) is 11.7. The maximum Gasteiger partial charge on any atom is 0.416 e. The van der Waals surface area contributed by atoms with Gasteiger partial charge < -0.3 is 20.3 Å². The second kappa shape index (κ2) is 10.6. The van der Waals surface area contributed by atoms with Crippen LogP contribution in [-0.4, -0.2) is 60.5 Å². The molecule has 2 heterocycles. The maximum absolute atomic E-state index is 13.2. The van der Waals surface area contributed by atoms with Crippen molar-refractivity contribution in [3.8, 4) is 5.88 Å². The summed E-state index contributed by atoms with van der Waals surface area (Å²) in [7, 11) is 1.61. The van der Waals surface area contributed by atoms with E-state index < -0.39 is 17.6 Å². The third-order valence-electron chi connectivity index (χ3n) is 6.82. The largest absolute Gasteiger partial charge is 0.481 e. The number of amides is 2. The van der Waals surface area contributed by atoms with E-state index in [0.717, 1.165) is 43.4 Å². The van der Waals surface area contributed by atoms with E-state index in [2.05, 4.69) is 15.6 Å². The number of methoxy groups -OCH3 is 1. The van der Waals surface area contributed by atoms with E-state index in [4.69, 9.17) is 4.74 Å². The molecule has 2 aromatic rings. The number of nitrogens with one attached hydrogen (secondary N) is 2. The van der Waals surface area contributed by atoms with Gasteiger partial charge in [-0.15, -0.1) is 0 Å². The molecule has 2 amide bonds. The summed E-state index contributed by atoms with van der Waals surface area (Å²) in [5.41, 5.74) is 0.0426. The Balaban J connectivity index is 1.38. The Morgan fingerprint density at radius 2 is 1.86 bits per heavy atom. The van der Waals surface area contributed by atoms with Crippen LogP contribution in [0.5, 0.6) is 5.88 Å². The van der Waals surface area contributed by atoms with Gasteiger partial charge in [-0.25, -0.2) is 4.98 Å². The number of benzene rings is 1. The van der Waals surface area contributed by atoms with E-state index in [0.29, 0.717) is 24.9 Å². The van der Waals surface area contributed by atoms with Gasteiger partial charge in [0.15, 0.2) is 0 Å². The molecule has 2 aliphatic rings. The normalized spacial score (nSPS) is 20.6. The first kappa shape index (κ1) is 25.0.